The van der Waals surface area contributed by atoms with Crippen molar-refractivity contribution < 1.29 is 0 Å². The quantitative estimate of drug-likeness (QED) is 0.913. The van der Waals surface area contributed by atoms with Crippen molar-refractivity contribution in [1.29, 1.82) is 0 Å². The van der Waals surface area contributed by atoms with Gasteiger partial charge in [-0.15, -0.1) is 11.3 Å². The molecule has 16 heavy (non-hydrogen) atoms. The van der Waals surface area contributed by atoms with Gasteiger partial charge < -0.3 is 11.1 Å². The molecule has 0 aliphatic heterocycles. The second-order valence-electron chi connectivity index (χ2n) is 3.42. The molecule has 0 unspecified atom stereocenters. The lowest BCUT2D eigenvalue weighted by atomic mass is 10.2. The summed E-state index contributed by atoms with van der Waals surface area (Å²) in [6.45, 7) is 2.60. The molecule has 84 valence electrons. The predicted octanol–water partition coefficient (Wildman–Crippen LogP) is 3.42. The highest BCUT2D eigenvalue weighted by atomic mass is 79.9. The Morgan fingerprint density at radius 3 is 2.94 bits per heavy atom. The van der Waals surface area contributed by atoms with Crippen LogP contribution in [-0.4, -0.2) is 4.98 Å². The molecule has 0 fully saturated rings. The third kappa shape index (κ3) is 2.61. The summed E-state index contributed by atoms with van der Waals surface area (Å²) in [4.78, 5) is 5.34. The van der Waals surface area contributed by atoms with E-state index in [1.807, 2.05) is 12.1 Å². The number of aryl methyl sites for hydroxylation is 1. The second kappa shape index (κ2) is 4.95. The SMILES string of the molecule is Cc1cc(Br)ccc1Nc1ncc(CN)s1. The van der Waals surface area contributed by atoms with E-state index in [1.54, 1.807) is 17.5 Å². The van der Waals surface area contributed by atoms with Gasteiger partial charge in [-0.3, -0.25) is 0 Å². The molecule has 0 spiro atoms. The van der Waals surface area contributed by atoms with Crippen LogP contribution in [0.4, 0.5) is 10.8 Å². The maximum Gasteiger partial charge on any atom is 0.187 e. The van der Waals surface area contributed by atoms with Crippen LogP contribution in [0.1, 0.15) is 10.4 Å². The minimum absolute atomic E-state index is 0.540. The molecule has 2 aromatic rings. The summed E-state index contributed by atoms with van der Waals surface area (Å²) in [5, 5.41) is 4.17. The Balaban J connectivity index is 2.20. The average molecular weight is 298 g/mol. The first-order valence-electron chi connectivity index (χ1n) is 4.87. The molecule has 1 aromatic carbocycles. The number of rotatable bonds is 3. The van der Waals surface area contributed by atoms with Crippen molar-refractivity contribution >= 4 is 38.1 Å². The summed E-state index contributed by atoms with van der Waals surface area (Å²) in [7, 11) is 0. The maximum absolute atomic E-state index is 5.54. The number of benzene rings is 1. The van der Waals surface area contributed by atoms with Crippen molar-refractivity contribution in [3.63, 3.8) is 0 Å². The number of aromatic nitrogens is 1. The van der Waals surface area contributed by atoms with Crippen molar-refractivity contribution in [2.75, 3.05) is 5.32 Å². The highest BCUT2D eigenvalue weighted by Crippen LogP contribution is 2.26. The van der Waals surface area contributed by atoms with E-state index < -0.39 is 0 Å². The standard InChI is InChI=1S/C11H12BrN3S/c1-7-4-8(12)2-3-10(7)15-11-14-6-9(5-13)16-11/h2-4,6H,5,13H2,1H3,(H,14,15). The van der Waals surface area contributed by atoms with E-state index in [4.69, 9.17) is 5.73 Å². The third-order valence-electron chi connectivity index (χ3n) is 2.18. The summed E-state index contributed by atoms with van der Waals surface area (Å²) >= 11 is 5.02. The topological polar surface area (TPSA) is 50.9 Å². The van der Waals surface area contributed by atoms with E-state index in [1.165, 1.54) is 5.56 Å². The Morgan fingerprint density at radius 1 is 1.50 bits per heavy atom. The molecule has 0 saturated heterocycles. The molecule has 0 radical (unpaired) electrons. The lowest BCUT2D eigenvalue weighted by Gasteiger charge is -2.06. The van der Waals surface area contributed by atoms with E-state index in [0.717, 1.165) is 20.2 Å². The van der Waals surface area contributed by atoms with Gasteiger partial charge in [0.05, 0.1) is 0 Å². The van der Waals surface area contributed by atoms with E-state index in [2.05, 4.69) is 39.2 Å². The van der Waals surface area contributed by atoms with Crippen LogP contribution in [-0.2, 0) is 6.54 Å². The molecule has 1 aromatic heterocycles. The number of halogens is 1. The van der Waals surface area contributed by atoms with Crippen molar-refractivity contribution in [2.45, 2.75) is 13.5 Å². The van der Waals surface area contributed by atoms with E-state index in [0.29, 0.717) is 6.54 Å². The number of anilines is 2. The van der Waals surface area contributed by atoms with Gasteiger partial charge >= 0.3 is 0 Å². The average Bonchev–Trinajstić information content (AvgIpc) is 2.70. The Kier molecular flexibility index (Phi) is 3.58. The molecule has 5 heteroatoms. The highest BCUT2D eigenvalue weighted by Gasteiger charge is 2.03. The van der Waals surface area contributed by atoms with Crippen molar-refractivity contribution in [3.8, 4) is 0 Å². The van der Waals surface area contributed by atoms with Crippen molar-refractivity contribution in [3.05, 3.63) is 39.3 Å². The van der Waals surface area contributed by atoms with Gasteiger partial charge in [0.2, 0.25) is 0 Å². The van der Waals surface area contributed by atoms with Gasteiger partial charge in [-0.25, -0.2) is 4.98 Å². The highest BCUT2D eigenvalue weighted by molar-refractivity contribution is 9.10. The fourth-order valence-corrected chi connectivity index (χ4v) is 2.52. The number of nitrogens with one attached hydrogen (secondary N) is 1. The van der Waals surface area contributed by atoms with Crippen LogP contribution in [0.3, 0.4) is 0 Å². The zero-order valence-electron chi connectivity index (χ0n) is 8.83. The van der Waals surface area contributed by atoms with Gasteiger partial charge in [-0.05, 0) is 30.7 Å². The zero-order valence-corrected chi connectivity index (χ0v) is 11.2. The zero-order chi connectivity index (χ0) is 11.5. The molecule has 0 aliphatic rings. The van der Waals surface area contributed by atoms with Gasteiger partial charge in [0.15, 0.2) is 5.13 Å². The molecular weight excluding hydrogens is 286 g/mol. The first kappa shape index (κ1) is 11.6. The summed E-state index contributed by atoms with van der Waals surface area (Å²) < 4.78 is 1.08. The number of hydrogen-bond donors (Lipinski definition) is 2. The lowest BCUT2D eigenvalue weighted by molar-refractivity contribution is 1.10. The Labute approximate surface area is 107 Å². The maximum atomic E-state index is 5.54. The second-order valence-corrected chi connectivity index (χ2v) is 5.45. The Hall–Kier alpha value is -0.910. The van der Waals surface area contributed by atoms with Crippen LogP contribution in [0, 0.1) is 6.92 Å². The molecule has 0 aliphatic carbocycles. The fraction of sp³-hybridized carbons (Fsp3) is 0.182. The van der Waals surface area contributed by atoms with Crippen LogP contribution >= 0.6 is 27.3 Å². The van der Waals surface area contributed by atoms with Gasteiger partial charge in [0.1, 0.15) is 0 Å². The first-order valence-corrected chi connectivity index (χ1v) is 6.48. The van der Waals surface area contributed by atoms with Gasteiger partial charge in [0.25, 0.3) is 0 Å². The van der Waals surface area contributed by atoms with Gasteiger partial charge in [-0.1, -0.05) is 15.9 Å². The minimum Gasteiger partial charge on any atom is -0.331 e. The summed E-state index contributed by atoms with van der Waals surface area (Å²) in [5.41, 5.74) is 7.79. The normalized spacial score (nSPS) is 10.4. The minimum atomic E-state index is 0.540. The van der Waals surface area contributed by atoms with Crippen LogP contribution in [0.25, 0.3) is 0 Å². The fourth-order valence-electron chi connectivity index (χ4n) is 1.34. The third-order valence-corrected chi connectivity index (χ3v) is 3.61. The molecule has 1 heterocycles. The number of nitrogens with zero attached hydrogens (tertiary/aromatic N) is 1. The summed E-state index contributed by atoms with van der Waals surface area (Å²) in [5.74, 6) is 0. The molecule has 0 bridgehead atoms. The predicted molar refractivity (Wildman–Crippen MR) is 72.2 cm³/mol. The van der Waals surface area contributed by atoms with Crippen LogP contribution < -0.4 is 11.1 Å². The largest absolute Gasteiger partial charge is 0.331 e. The van der Waals surface area contributed by atoms with E-state index in [-0.39, 0.29) is 0 Å². The molecule has 2 rings (SSSR count). The van der Waals surface area contributed by atoms with E-state index >= 15 is 0 Å². The molecule has 3 N–H and O–H groups in total. The van der Waals surface area contributed by atoms with Crippen LogP contribution in [0.15, 0.2) is 28.9 Å². The summed E-state index contributed by atoms with van der Waals surface area (Å²) in [6.07, 6.45) is 1.81. The van der Waals surface area contributed by atoms with Crippen molar-refractivity contribution in [2.24, 2.45) is 5.73 Å². The van der Waals surface area contributed by atoms with Crippen molar-refractivity contribution in [1.82, 2.24) is 4.98 Å². The Morgan fingerprint density at radius 2 is 2.31 bits per heavy atom. The first-order chi connectivity index (χ1) is 7.69. The molecular formula is C11H12BrN3S. The molecule has 0 atom stereocenters. The monoisotopic (exact) mass is 297 g/mol. The van der Waals surface area contributed by atoms with Crippen LogP contribution in [0.5, 0.6) is 0 Å². The molecule has 0 amide bonds. The van der Waals surface area contributed by atoms with E-state index in [9.17, 15) is 0 Å². The molecule has 0 saturated carbocycles. The van der Waals surface area contributed by atoms with Crippen LogP contribution in [0.2, 0.25) is 0 Å². The number of nitrogens with two attached hydrogens (primary N) is 1. The molecule has 3 nitrogen and oxygen atoms in total. The Bertz CT molecular complexity index is 496. The number of thiazole rings is 1. The van der Waals surface area contributed by atoms with Gasteiger partial charge in [0, 0.05) is 27.8 Å². The lowest BCUT2D eigenvalue weighted by Crippen LogP contribution is -1.92. The smallest absolute Gasteiger partial charge is 0.187 e. The van der Waals surface area contributed by atoms with Gasteiger partial charge in [-0.2, -0.15) is 0 Å². The number of hydrogen-bond acceptors (Lipinski definition) is 4. The summed E-state index contributed by atoms with van der Waals surface area (Å²) in [6, 6.07) is 6.11.